The SMILES string of the molecule is CC(C)(CCNC(=O)c1ccc(-c2ccc(F)cc2)cc1F)C(=O)O. The summed E-state index contributed by atoms with van der Waals surface area (Å²) in [6, 6.07) is 9.74. The monoisotopic (exact) mass is 347 g/mol. The third-order valence-electron chi connectivity index (χ3n) is 4.01. The molecule has 6 heteroatoms. The van der Waals surface area contributed by atoms with E-state index in [1.165, 1.54) is 36.4 Å². The van der Waals surface area contributed by atoms with Crippen LogP contribution in [-0.4, -0.2) is 23.5 Å². The minimum absolute atomic E-state index is 0.122. The van der Waals surface area contributed by atoms with E-state index in [4.69, 9.17) is 5.11 Å². The van der Waals surface area contributed by atoms with E-state index in [1.54, 1.807) is 19.9 Å². The molecule has 0 spiro atoms. The predicted octanol–water partition coefficient (Wildman–Crippen LogP) is 3.86. The van der Waals surface area contributed by atoms with E-state index >= 15 is 0 Å². The third-order valence-corrected chi connectivity index (χ3v) is 4.01. The molecule has 1 amide bonds. The molecule has 0 aliphatic carbocycles. The summed E-state index contributed by atoms with van der Waals surface area (Å²) in [4.78, 5) is 23.1. The Bertz CT molecular complexity index is 786. The Hall–Kier alpha value is -2.76. The van der Waals surface area contributed by atoms with Crippen molar-refractivity contribution in [1.29, 1.82) is 0 Å². The van der Waals surface area contributed by atoms with Crippen LogP contribution in [0.4, 0.5) is 8.78 Å². The summed E-state index contributed by atoms with van der Waals surface area (Å²) in [5.41, 5.74) is 0.0636. The zero-order valence-corrected chi connectivity index (χ0v) is 14.0. The average Bonchev–Trinajstić information content (AvgIpc) is 2.55. The van der Waals surface area contributed by atoms with Crippen molar-refractivity contribution in [2.45, 2.75) is 20.3 Å². The Morgan fingerprint density at radius 3 is 2.20 bits per heavy atom. The fraction of sp³-hybridized carbons (Fsp3) is 0.263. The number of benzene rings is 2. The molecule has 0 heterocycles. The molecular formula is C19H19F2NO3. The van der Waals surface area contributed by atoms with Crippen molar-refractivity contribution >= 4 is 11.9 Å². The number of carbonyl (C=O) groups excluding carboxylic acids is 1. The van der Waals surface area contributed by atoms with Crippen LogP contribution in [0, 0.1) is 17.0 Å². The molecule has 0 radical (unpaired) electrons. The predicted molar refractivity (Wildman–Crippen MR) is 90.2 cm³/mol. The Morgan fingerprint density at radius 2 is 1.64 bits per heavy atom. The second-order valence-corrected chi connectivity index (χ2v) is 6.40. The highest BCUT2D eigenvalue weighted by molar-refractivity contribution is 5.95. The highest BCUT2D eigenvalue weighted by Crippen LogP contribution is 2.23. The molecule has 0 aromatic heterocycles. The summed E-state index contributed by atoms with van der Waals surface area (Å²) < 4.78 is 27.2. The molecule has 0 aliphatic heterocycles. The van der Waals surface area contributed by atoms with Gasteiger partial charge in [0.25, 0.3) is 5.91 Å². The van der Waals surface area contributed by atoms with E-state index in [1.807, 2.05) is 0 Å². The normalized spacial score (nSPS) is 11.2. The third kappa shape index (κ3) is 4.62. The zero-order chi connectivity index (χ0) is 18.6. The zero-order valence-electron chi connectivity index (χ0n) is 14.0. The first-order valence-corrected chi connectivity index (χ1v) is 7.78. The molecule has 0 fully saturated rings. The highest BCUT2D eigenvalue weighted by atomic mass is 19.1. The Labute approximate surface area is 144 Å². The van der Waals surface area contributed by atoms with Crippen molar-refractivity contribution in [3.8, 4) is 11.1 Å². The largest absolute Gasteiger partial charge is 0.481 e. The van der Waals surface area contributed by atoms with Gasteiger partial charge in [-0.1, -0.05) is 18.2 Å². The first kappa shape index (κ1) is 18.6. The second-order valence-electron chi connectivity index (χ2n) is 6.40. The fourth-order valence-electron chi connectivity index (χ4n) is 2.21. The van der Waals surface area contributed by atoms with E-state index in [0.29, 0.717) is 11.1 Å². The maximum Gasteiger partial charge on any atom is 0.309 e. The molecule has 4 nitrogen and oxygen atoms in total. The lowest BCUT2D eigenvalue weighted by atomic mass is 9.89. The van der Waals surface area contributed by atoms with E-state index < -0.39 is 23.1 Å². The lowest BCUT2D eigenvalue weighted by Gasteiger charge is -2.19. The molecule has 2 aromatic carbocycles. The van der Waals surface area contributed by atoms with Crippen molar-refractivity contribution < 1.29 is 23.5 Å². The molecule has 2 aromatic rings. The average molecular weight is 347 g/mol. The van der Waals surface area contributed by atoms with Crippen LogP contribution < -0.4 is 5.32 Å². The van der Waals surface area contributed by atoms with Gasteiger partial charge in [0.15, 0.2) is 0 Å². The maximum absolute atomic E-state index is 14.2. The molecule has 2 rings (SSSR count). The molecule has 0 aliphatic rings. The van der Waals surface area contributed by atoms with Crippen LogP contribution in [0.1, 0.15) is 30.6 Å². The number of halogens is 2. The number of hydrogen-bond acceptors (Lipinski definition) is 2. The summed E-state index contributed by atoms with van der Waals surface area (Å²) in [5.74, 6) is -2.65. The minimum Gasteiger partial charge on any atom is -0.481 e. The van der Waals surface area contributed by atoms with E-state index in [2.05, 4.69) is 5.32 Å². The standard InChI is InChI=1S/C19H19F2NO3/c1-19(2,18(24)25)9-10-22-17(23)15-8-5-13(11-16(15)21)12-3-6-14(20)7-4-12/h3-8,11H,9-10H2,1-2H3,(H,22,23)(H,24,25). The number of carboxylic acid groups (broad SMARTS) is 1. The van der Waals surface area contributed by atoms with Crippen molar-refractivity contribution in [1.82, 2.24) is 5.32 Å². The van der Waals surface area contributed by atoms with Gasteiger partial charge in [0.05, 0.1) is 11.0 Å². The molecule has 25 heavy (non-hydrogen) atoms. The van der Waals surface area contributed by atoms with Gasteiger partial charge < -0.3 is 10.4 Å². The highest BCUT2D eigenvalue weighted by Gasteiger charge is 2.26. The van der Waals surface area contributed by atoms with Crippen LogP contribution in [0.2, 0.25) is 0 Å². The van der Waals surface area contributed by atoms with Crippen LogP contribution in [0.3, 0.4) is 0 Å². The molecule has 2 N–H and O–H groups in total. The molecule has 0 saturated carbocycles. The molecule has 0 saturated heterocycles. The van der Waals surface area contributed by atoms with Crippen LogP contribution in [-0.2, 0) is 4.79 Å². The lowest BCUT2D eigenvalue weighted by Crippen LogP contribution is -2.32. The first-order chi connectivity index (χ1) is 11.7. The van der Waals surface area contributed by atoms with Crippen molar-refractivity contribution in [2.24, 2.45) is 5.41 Å². The van der Waals surface area contributed by atoms with Crippen LogP contribution in [0.5, 0.6) is 0 Å². The van der Waals surface area contributed by atoms with E-state index in [0.717, 1.165) is 0 Å². The molecule has 0 bridgehead atoms. The number of rotatable bonds is 6. The van der Waals surface area contributed by atoms with Gasteiger partial charge >= 0.3 is 5.97 Å². The Morgan fingerprint density at radius 1 is 1.04 bits per heavy atom. The van der Waals surface area contributed by atoms with Crippen molar-refractivity contribution in [2.75, 3.05) is 6.54 Å². The van der Waals surface area contributed by atoms with Crippen molar-refractivity contribution in [3.05, 3.63) is 59.7 Å². The topological polar surface area (TPSA) is 66.4 Å². The van der Waals surface area contributed by atoms with Crippen molar-refractivity contribution in [3.63, 3.8) is 0 Å². The summed E-state index contributed by atoms with van der Waals surface area (Å²) >= 11 is 0. The van der Waals surface area contributed by atoms with E-state index in [9.17, 15) is 18.4 Å². The quantitative estimate of drug-likeness (QED) is 0.834. The Balaban J connectivity index is 2.06. The van der Waals surface area contributed by atoms with Gasteiger partial charge in [-0.2, -0.15) is 0 Å². The van der Waals surface area contributed by atoms with Crippen LogP contribution in [0.25, 0.3) is 11.1 Å². The fourth-order valence-corrected chi connectivity index (χ4v) is 2.21. The van der Waals surface area contributed by atoms with Crippen LogP contribution in [0.15, 0.2) is 42.5 Å². The summed E-state index contributed by atoms with van der Waals surface area (Å²) in [7, 11) is 0. The number of carbonyl (C=O) groups is 2. The van der Waals surface area contributed by atoms with Gasteiger partial charge in [0, 0.05) is 6.54 Å². The summed E-state index contributed by atoms with van der Waals surface area (Å²) in [6.45, 7) is 3.23. The van der Waals surface area contributed by atoms with Gasteiger partial charge in [-0.3, -0.25) is 9.59 Å². The number of aliphatic carboxylic acids is 1. The smallest absolute Gasteiger partial charge is 0.309 e. The van der Waals surface area contributed by atoms with Gasteiger partial charge in [-0.15, -0.1) is 0 Å². The number of hydrogen-bond donors (Lipinski definition) is 2. The summed E-state index contributed by atoms with van der Waals surface area (Å²) in [5, 5.41) is 11.6. The Kier molecular flexibility index (Phi) is 5.51. The maximum atomic E-state index is 14.2. The first-order valence-electron chi connectivity index (χ1n) is 7.78. The van der Waals surface area contributed by atoms with E-state index in [-0.39, 0.29) is 24.3 Å². The van der Waals surface area contributed by atoms with Gasteiger partial charge in [0.2, 0.25) is 0 Å². The molecule has 0 unspecified atom stereocenters. The molecule has 0 atom stereocenters. The van der Waals surface area contributed by atoms with Gasteiger partial charge in [0.1, 0.15) is 11.6 Å². The van der Waals surface area contributed by atoms with Gasteiger partial charge in [-0.05, 0) is 55.7 Å². The number of nitrogens with one attached hydrogen (secondary N) is 1. The summed E-state index contributed by atoms with van der Waals surface area (Å²) in [6.07, 6.45) is 0.226. The minimum atomic E-state index is -0.974. The lowest BCUT2D eigenvalue weighted by molar-refractivity contribution is -0.147. The van der Waals surface area contributed by atoms with Crippen LogP contribution >= 0.6 is 0 Å². The molecule has 132 valence electrons. The van der Waals surface area contributed by atoms with Gasteiger partial charge in [-0.25, -0.2) is 8.78 Å². The number of amides is 1. The molecular weight excluding hydrogens is 328 g/mol. The second kappa shape index (κ2) is 7.42. The number of carboxylic acids is 1.